The van der Waals surface area contributed by atoms with Crippen LogP contribution < -0.4 is 4.74 Å². The van der Waals surface area contributed by atoms with Crippen molar-refractivity contribution in [3.05, 3.63) is 88.9 Å². The highest BCUT2D eigenvalue weighted by molar-refractivity contribution is 6.46. The normalized spacial score (nSPS) is 21.6. The molecule has 0 unspecified atom stereocenters. The van der Waals surface area contributed by atoms with E-state index in [4.69, 9.17) is 9.15 Å². The van der Waals surface area contributed by atoms with Crippen molar-refractivity contribution in [1.29, 1.82) is 0 Å². The average Bonchev–Trinajstić information content (AvgIpc) is 3.47. The quantitative estimate of drug-likeness (QED) is 0.369. The van der Waals surface area contributed by atoms with Gasteiger partial charge in [-0.2, -0.15) is 0 Å². The summed E-state index contributed by atoms with van der Waals surface area (Å²) in [5.74, 6) is -0.546. The van der Waals surface area contributed by atoms with Crippen LogP contribution in [-0.4, -0.2) is 32.9 Å². The maximum Gasteiger partial charge on any atom is 0.296 e. The van der Waals surface area contributed by atoms with Crippen LogP contribution in [0.5, 0.6) is 11.5 Å². The SMILES string of the molecule is C[C@@H]1Cc2cc(C(O)=C3C(=O)C(=O)N(Cc4ccco4)[C@H]3c3cccc(O)c3)ccc2O1. The number of furan rings is 1. The predicted molar refractivity (Wildman–Crippen MR) is 115 cm³/mol. The van der Waals surface area contributed by atoms with E-state index in [0.29, 0.717) is 23.3 Å². The fourth-order valence-corrected chi connectivity index (χ4v) is 4.38. The first kappa shape index (κ1) is 19.9. The lowest BCUT2D eigenvalue weighted by molar-refractivity contribution is -0.140. The molecule has 0 saturated carbocycles. The summed E-state index contributed by atoms with van der Waals surface area (Å²) in [4.78, 5) is 27.4. The average molecular weight is 431 g/mol. The van der Waals surface area contributed by atoms with E-state index in [1.54, 1.807) is 42.5 Å². The summed E-state index contributed by atoms with van der Waals surface area (Å²) >= 11 is 0. The van der Waals surface area contributed by atoms with Crippen LogP contribution in [0.2, 0.25) is 0 Å². The number of carbonyl (C=O) groups excluding carboxylic acids is 2. The van der Waals surface area contributed by atoms with Gasteiger partial charge in [-0.1, -0.05) is 12.1 Å². The lowest BCUT2D eigenvalue weighted by Crippen LogP contribution is -2.29. The molecule has 2 atom stereocenters. The monoisotopic (exact) mass is 431 g/mol. The van der Waals surface area contributed by atoms with Crippen LogP contribution in [0.1, 0.15) is 35.4 Å². The molecule has 0 bridgehead atoms. The zero-order chi connectivity index (χ0) is 22.4. The van der Waals surface area contributed by atoms with Crippen molar-refractivity contribution < 1.29 is 29.0 Å². The number of rotatable bonds is 4. The van der Waals surface area contributed by atoms with E-state index in [0.717, 1.165) is 11.3 Å². The van der Waals surface area contributed by atoms with Gasteiger partial charge in [0.25, 0.3) is 11.7 Å². The molecule has 7 nitrogen and oxygen atoms in total. The van der Waals surface area contributed by atoms with Gasteiger partial charge in [-0.3, -0.25) is 9.59 Å². The molecule has 0 radical (unpaired) electrons. The fraction of sp³-hybridized carbons (Fsp3) is 0.200. The van der Waals surface area contributed by atoms with Crippen molar-refractivity contribution in [3.8, 4) is 11.5 Å². The molecular formula is C25H21NO6. The Kier molecular flexibility index (Phi) is 4.74. The standard InChI is InChI=1S/C25H21NO6/c1-14-10-17-11-16(7-8-20(17)32-14)23(28)21-22(15-4-2-5-18(27)12-15)26(25(30)24(21)29)13-19-6-3-9-31-19/h2-9,11-12,14,22,27-28H,10,13H2,1H3/t14-,22+/m1/s1. The molecule has 2 aliphatic rings. The molecule has 7 heteroatoms. The number of fused-ring (bicyclic) bond motifs is 1. The van der Waals surface area contributed by atoms with Gasteiger partial charge in [0.1, 0.15) is 29.1 Å². The van der Waals surface area contributed by atoms with Gasteiger partial charge in [-0.25, -0.2) is 0 Å². The molecule has 3 aromatic rings. The van der Waals surface area contributed by atoms with Crippen LogP contribution in [0.3, 0.4) is 0 Å². The predicted octanol–water partition coefficient (Wildman–Crippen LogP) is 3.93. The molecule has 2 aliphatic heterocycles. The summed E-state index contributed by atoms with van der Waals surface area (Å²) in [7, 11) is 0. The first-order chi connectivity index (χ1) is 15.4. The smallest absolute Gasteiger partial charge is 0.296 e. The number of hydrogen-bond donors (Lipinski definition) is 2. The van der Waals surface area contributed by atoms with E-state index in [9.17, 15) is 19.8 Å². The lowest BCUT2D eigenvalue weighted by Gasteiger charge is -2.24. The molecule has 162 valence electrons. The van der Waals surface area contributed by atoms with Gasteiger partial charge >= 0.3 is 0 Å². The fourth-order valence-electron chi connectivity index (χ4n) is 4.38. The van der Waals surface area contributed by atoms with Gasteiger partial charge in [0, 0.05) is 12.0 Å². The van der Waals surface area contributed by atoms with Gasteiger partial charge in [-0.15, -0.1) is 0 Å². The minimum Gasteiger partial charge on any atom is -0.508 e. The van der Waals surface area contributed by atoms with E-state index < -0.39 is 17.7 Å². The number of amides is 1. The second-order valence-electron chi connectivity index (χ2n) is 8.06. The number of aliphatic hydroxyl groups excluding tert-OH is 1. The number of aliphatic hydroxyl groups is 1. The van der Waals surface area contributed by atoms with E-state index >= 15 is 0 Å². The number of hydrogen-bond acceptors (Lipinski definition) is 6. The third-order valence-corrected chi connectivity index (χ3v) is 5.80. The summed E-state index contributed by atoms with van der Waals surface area (Å²) in [6.07, 6.45) is 2.22. The summed E-state index contributed by atoms with van der Waals surface area (Å²) in [6.45, 7) is 2.01. The van der Waals surface area contributed by atoms with Crippen molar-refractivity contribution in [2.24, 2.45) is 0 Å². The molecule has 3 heterocycles. The molecule has 0 spiro atoms. The topological polar surface area (TPSA) is 100 Å². The Hall–Kier alpha value is -4.00. The molecule has 5 rings (SSSR count). The van der Waals surface area contributed by atoms with Crippen molar-refractivity contribution in [2.45, 2.75) is 32.0 Å². The number of aromatic hydroxyl groups is 1. The number of Topliss-reactive ketones (excluding diaryl/α,β-unsaturated/α-hetero) is 1. The van der Waals surface area contributed by atoms with Crippen molar-refractivity contribution in [3.63, 3.8) is 0 Å². The van der Waals surface area contributed by atoms with E-state index in [1.165, 1.54) is 23.3 Å². The highest BCUT2D eigenvalue weighted by Gasteiger charge is 2.46. The zero-order valence-electron chi connectivity index (χ0n) is 17.3. The molecule has 1 fully saturated rings. The second-order valence-corrected chi connectivity index (χ2v) is 8.06. The van der Waals surface area contributed by atoms with Crippen LogP contribution in [0.25, 0.3) is 5.76 Å². The zero-order valence-corrected chi connectivity index (χ0v) is 17.3. The Morgan fingerprint density at radius 2 is 1.97 bits per heavy atom. The van der Waals surface area contributed by atoms with E-state index in [2.05, 4.69) is 0 Å². The Morgan fingerprint density at radius 1 is 1.12 bits per heavy atom. The highest BCUT2D eigenvalue weighted by atomic mass is 16.5. The molecule has 32 heavy (non-hydrogen) atoms. The molecule has 0 aliphatic carbocycles. The minimum atomic E-state index is -0.879. The number of nitrogens with zero attached hydrogens (tertiary/aromatic N) is 1. The first-order valence-corrected chi connectivity index (χ1v) is 10.3. The van der Waals surface area contributed by atoms with Crippen LogP contribution in [-0.2, 0) is 22.6 Å². The number of benzene rings is 2. The first-order valence-electron chi connectivity index (χ1n) is 10.3. The number of phenols is 1. The summed E-state index contributed by atoms with van der Waals surface area (Å²) < 4.78 is 11.1. The molecule has 1 saturated heterocycles. The number of ether oxygens (including phenoxy) is 1. The number of likely N-dealkylation sites (tertiary alicyclic amines) is 1. The third-order valence-electron chi connectivity index (χ3n) is 5.80. The van der Waals surface area contributed by atoms with Crippen molar-refractivity contribution >= 4 is 17.4 Å². The summed E-state index contributed by atoms with van der Waals surface area (Å²) in [5.41, 5.74) is 1.84. The van der Waals surface area contributed by atoms with Crippen LogP contribution in [0, 0.1) is 0 Å². The van der Waals surface area contributed by atoms with Gasteiger partial charge in [-0.05, 0) is 60.5 Å². The van der Waals surface area contributed by atoms with Crippen LogP contribution in [0.15, 0.2) is 70.9 Å². The highest BCUT2D eigenvalue weighted by Crippen LogP contribution is 2.42. The minimum absolute atomic E-state index is 0.00486. The van der Waals surface area contributed by atoms with Gasteiger partial charge in [0.2, 0.25) is 0 Å². The van der Waals surface area contributed by atoms with Crippen LogP contribution >= 0.6 is 0 Å². The van der Waals surface area contributed by atoms with Crippen molar-refractivity contribution in [2.75, 3.05) is 0 Å². The maximum atomic E-state index is 13.1. The van der Waals surface area contributed by atoms with Gasteiger partial charge < -0.3 is 24.3 Å². The summed E-state index contributed by atoms with van der Waals surface area (Å²) in [5, 5.41) is 21.2. The number of carbonyl (C=O) groups is 2. The largest absolute Gasteiger partial charge is 0.508 e. The Balaban J connectivity index is 1.64. The Labute approximate surface area is 184 Å². The lowest BCUT2D eigenvalue weighted by atomic mass is 9.94. The molecule has 2 N–H and O–H groups in total. The van der Waals surface area contributed by atoms with Gasteiger partial charge in [0.05, 0.1) is 24.4 Å². The molecular weight excluding hydrogens is 410 g/mol. The van der Waals surface area contributed by atoms with Crippen LogP contribution in [0.4, 0.5) is 0 Å². The summed E-state index contributed by atoms with van der Waals surface area (Å²) in [6, 6.07) is 14.1. The van der Waals surface area contributed by atoms with Crippen molar-refractivity contribution in [1.82, 2.24) is 4.90 Å². The third kappa shape index (κ3) is 3.32. The van der Waals surface area contributed by atoms with E-state index in [1.807, 2.05) is 6.92 Å². The molecule has 2 aromatic carbocycles. The molecule has 1 amide bonds. The van der Waals surface area contributed by atoms with Gasteiger partial charge in [0.15, 0.2) is 0 Å². The number of phenolic OH excluding ortho intramolecular Hbond substituents is 1. The maximum absolute atomic E-state index is 13.1. The molecule has 1 aromatic heterocycles. The van der Waals surface area contributed by atoms with E-state index in [-0.39, 0.29) is 29.7 Å². The Bertz CT molecular complexity index is 1240. The number of ketones is 1. The second kappa shape index (κ2) is 7.60. The Morgan fingerprint density at radius 3 is 2.72 bits per heavy atom.